The second-order valence-electron chi connectivity index (χ2n) is 1.47. The van der Waals surface area contributed by atoms with Crippen LogP contribution in [-0.2, 0) is 6.54 Å². The first-order chi connectivity index (χ1) is 3.83. The molecule has 1 aromatic heterocycles. The number of H-pyrrole nitrogens is 2. The van der Waals surface area contributed by atoms with Crippen LogP contribution in [0.5, 0.6) is 0 Å². The van der Waals surface area contributed by atoms with Gasteiger partial charge in [-0.2, -0.15) is 0 Å². The zero-order valence-corrected chi connectivity index (χ0v) is 6.72. The van der Waals surface area contributed by atoms with Crippen molar-refractivity contribution < 1.29 is 0 Å². The van der Waals surface area contributed by atoms with Gasteiger partial charge in [-0.05, 0) is 0 Å². The maximum Gasteiger partial charge on any atom is 0.323 e. The van der Waals surface area contributed by atoms with E-state index in [1.54, 1.807) is 6.20 Å². The minimum Gasteiger partial charge on any atom is -0.325 e. The predicted octanol–water partition coefficient (Wildman–Crippen LogP) is 0.00530. The number of hydrogen-bond acceptors (Lipinski definition) is 2. The van der Waals surface area contributed by atoms with Gasteiger partial charge in [0.1, 0.15) is 0 Å². The molecular formula is C4H9Cl2N3O. The van der Waals surface area contributed by atoms with Crippen LogP contribution in [0, 0.1) is 0 Å². The van der Waals surface area contributed by atoms with Gasteiger partial charge in [-0.15, -0.1) is 24.8 Å². The first kappa shape index (κ1) is 12.2. The summed E-state index contributed by atoms with van der Waals surface area (Å²) in [6.45, 7) is 0.374. The zero-order chi connectivity index (χ0) is 5.98. The van der Waals surface area contributed by atoms with E-state index in [1.807, 2.05) is 0 Å². The number of aromatic amines is 2. The topological polar surface area (TPSA) is 74.7 Å². The minimum absolute atomic E-state index is 0. The van der Waals surface area contributed by atoms with Crippen LogP contribution in [0.2, 0.25) is 0 Å². The van der Waals surface area contributed by atoms with Gasteiger partial charge in [-0.3, -0.25) is 0 Å². The lowest BCUT2D eigenvalue weighted by Crippen LogP contribution is -2.03. The molecule has 0 saturated carbocycles. The SMILES string of the molecule is Cl.Cl.NCc1c[nH]c(=O)[nH]1. The van der Waals surface area contributed by atoms with Crippen LogP contribution in [-0.4, -0.2) is 9.97 Å². The number of rotatable bonds is 1. The summed E-state index contributed by atoms with van der Waals surface area (Å²) in [5, 5.41) is 0. The summed E-state index contributed by atoms with van der Waals surface area (Å²) in [5.74, 6) is 0. The van der Waals surface area contributed by atoms with Gasteiger partial charge >= 0.3 is 5.69 Å². The lowest BCUT2D eigenvalue weighted by Gasteiger charge is -1.80. The Kier molecular flexibility index (Phi) is 6.54. The van der Waals surface area contributed by atoms with Crippen molar-refractivity contribution in [2.24, 2.45) is 5.73 Å². The predicted molar refractivity (Wildman–Crippen MR) is 43.8 cm³/mol. The molecule has 4 N–H and O–H groups in total. The smallest absolute Gasteiger partial charge is 0.323 e. The molecule has 4 nitrogen and oxygen atoms in total. The summed E-state index contributed by atoms with van der Waals surface area (Å²) in [6.07, 6.45) is 1.56. The van der Waals surface area contributed by atoms with E-state index in [9.17, 15) is 4.79 Å². The summed E-state index contributed by atoms with van der Waals surface area (Å²) in [7, 11) is 0. The van der Waals surface area contributed by atoms with Crippen molar-refractivity contribution in [1.82, 2.24) is 9.97 Å². The molecule has 10 heavy (non-hydrogen) atoms. The third kappa shape index (κ3) is 2.91. The fraction of sp³-hybridized carbons (Fsp3) is 0.250. The first-order valence-electron chi connectivity index (χ1n) is 2.29. The van der Waals surface area contributed by atoms with Crippen molar-refractivity contribution in [2.75, 3.05) is 0 Å². The maximum absolute atomic E-state index is 10.3. The lowest BCUT2D eigenvalue weighted by molar-refractivity contribution is 1.00. The number of nitrogens with one attached hydrogen (secondary N) is 2. The molecule has 1 aromatic rings. The molecule has 0 saturated heterocycles. The van der Waals surface area contributed by atoms with Gasteiger partial charge in [0.25, 0.3) is 0 Å². The Hall–Kier alpha value is -0.450. The summed E-state index contributed by atoms with van der Waals surface area (Å²) in [6, 6.07) is 0. The van der Waals surface area contributed by atoms with Crippen molar-refractivity contribution in [3.8, 4) is 0 Å². The molecule has 0 aromatic carbocycles. The Bertz CT molecular complexity index is 218. The van der Waals surface area contributed by atoms with Crippen molar-refractivity contribution in [1.29, 1.82) is 0 Å². The molecule has 0 fully saturated rings. The standard InChI is InChI=1S/C4H7N3O.2ClH/c5-1-3-2-6-4(8)7-3;;/h2H,1,5H2,(H2,6,7,8);2*1H. The summed E-state index contributed by atoms with van der Waals surface area (Å²) < 4.78 is 0. The van der Waals surface area contributed by atoms with Gasteiger partial charge in [-0.25, -0.2) is 4.79 Å². The van der Waals surface area contributed by atoms with E-state index in [0.29, 0.717) is 6.54 Å². The molecule has 0 aliphatic rings. The molecule has 60 valence electrons. The summed E-state index contributed by atoms with van der Waals surface area (Å²) >= 11 is 0. The summed E-state index contributed by atoms with van der Waals surface area (Å²) in [5.41, 5.74) is 5.70. The van der Waals surface area contributed by atoms with Gasteiger partial charge in [0.05, 0.1) is 0 Å². The van der Waals surface area contributed by atoms with Crippen molar-refractivity contribution in [3.05, 3.63) is 22.4 Å². The third-order valence-electron chi connectivity index (χ3n) is 0.871. The van der Waals surface area contributed by atoms with Crippen LogP contribution < -0.4 is 11.4 Å². The molecule has 0 radical (unpaired) electrons. The quantitative estimate of drug-likeness (QED) is 0.577. The van der Waals surface area contributed by atoms with Gasteiger partial charge in [0, 0.05) is 18.4 Å². The van der Waals surface area contributed by atoms with Gasteiger partial charge in [0.2, 0.25) is 0 Å². The van der Waals surface area contributed by atoms with Crippen LogP contribution in [0.15, 0.2) is 11.0 Å². The van der Waals surface area contributed by atoms with Crippen LogP contribution in [0.25, 0.3) is 0 Å². The van der Waals surface area contributed by atoms with E-state index < -0.39 is 0 Å². The number of imidazole rings is 1. The normalized spacial score (nSPS) is 7.70. The third-order valence-corrected chi connectivity index (χ3v) is 0.871. The van der Waals surface area contributed by atoms with E-state index in [2.05, 4.69) is 9.97 Å². The molecule has 0 aliphatic heterocycles. The van der Waals surface area contributed by atoms with Crippen molar-refractivity contribution in [2.45, 2.75) is 6.54 Å². The highest BCUT2D eigenvalue weighted by Crippen LogP contribution is 1.80. The van der Waals surface area contributed by atoms with Gasteiger partial charge in [-0.1, -0.05) is 0 Å². The molecule has 1 heterocycles. The van der Waals surface area contributed by atoms with Gasteiger partial charge < -0.3 is 15.7 Å². The van der Waals surface area contributed by atoms with Gasteiger partial charge in [0.15, 0.2) is 0 Å². The Morgan fingerprint density at radius 2 is 2.10 bits per heavy atom. The Labute approximate surface area is 70.0 Å². The molecule has 0 aliphatic carbocycles. The van der Waals surface area contributed by atoms with Crippen LogP contribution in [0.3, 0.4) is 0 Å². The van der Waals surface area contributed by atoms with E-state index in [-0.39, 0.29) is 30.5 Å². The first-order valence-corrected chi connectivity index (χ1v) is 2.29. The second-order valence-corrected chi connectivity index (χ2v) is 1.47. The highest BCUT2D eigenvalue weighted by molar-refractivity contribution is 5.85. The molecule has 0 unspecified atom stereocenters. The number of aromatic nitrogens is 2. The number of nitrogens with two attached hydrogens (primary N) is 1. The molecule has 0 atom stereocenters. The van der Waals surface area contributed by atoms with Crippen LogP contribution >= 0.6 is 24.8 Å². The van der Waals surface area contributed by atoms with Crippen molar-refractivity contribution >= 4 is 24.8 Å². The zero-order valence-electron chi connectivity index (χ0n) is 5.09. The monoisotopic (exact) mass is 185 g/mol. The highest BCUT2D eigenvalue weighted by atomic mass is 35.5. The number of halogens is 2. The number of hydrogen-bond donors (Lipinski definition) is 3. The Morgan fingerprint density at radius 3 is 2.30 bits per heavy atom. The minimum atomic E-state index is -0.203. The molecular weight excluding hydrogens is 177 g/mol. The Morgan fingerprint density at radius 1 is 1.50 bits per heavy atom. The van der Waals surface area contributed by atoms with E-state index in [4.69, 9.17) is 5.73 Å². The average Bonchev–Trinajstić information content (AvgIpc) is 2.14. The average molecular weight is 186 g/mol. The largest absolute Gasteiger partial charge is 0.325 e. The Balaban J connectivity index is 0. The van der Waals surface area contributed by atoms with E-state index in [0.717, 1.165) is 5.69 Å². The maximum atomic E-state index is 10.3. The molecule has 0 bridgehead atoms. The van der Waals surface area contributed by atoms with Crippen molar-refractivity contribution in [3.63, 3.8) is 0 Å². The van der Waals surface area contributed by atoms with E-state index >= 15 is 0 Å². The van der Waals surface area contributed by atoms with Crippen LogP contribution in [0.1, 0.15) is 5.69 Å². The summed E-state index contributed by atoms with van der Waals surface area (Å²) in [4.78, 5) is 15.2. The molecule has 0 spiro atoms. The van der Waals surface area contributed by atoms with Crippen LogP contribution in [0.4, 0.5) is 0 Å². The van der Waals surface area contributed by atoms with E-state index in [1.165, 1.54) is 0 Å². The molecule has 0 amide bonds. The molecule has 1 rings (SSSR count). The molecule has 6 heteroatoms. The fourth-order valence-electron chi connectivity index (χ4n) is 0.481. The highest BCUT2D eigenvalue weighted by Gasteiger charge is 1.87. The lowest BCUT2D eigenvalue weighted by atomic mass is 10.5. The fourth-order valence-corrected chi connectivity index (χ4v) is 0.481. The second kappa shape index (κ2) is 5.34.